The molecule has 2 aliphatic rings. The van der Waals surface area contributed by atoms with Crippen LogP contribution in [0.25, 0.3) is 0 Å². The van der Waals surface area contributed by atoms with Crippen molar-refractivity contribution in [2.45, 2.75) is 25.5 Å². The van der Waals surface area contributed by atoms with Crippen LogP contribution in [0.5, 0.6) is 0 Å². The summed E-state index contributed by atoms with van der Waals surface area (Å²) in [6, 6.07) is 5.90. The van der Waals surface area contributed by atoms with E-state index in [-0.39, 0.29) is 11.1 Å². The van der Waals surface area contributed by atoms with Crippen LogP contribution in [0.1, 0.15) is 18.1 Å². The third-order valence-corrected chi connectivity index (χ3v) is 5.77. The highest BCUT2D eigenvalue weighted by atomic mass is 35.5. The first-order valence-corrected chi connectivity index (χ1v) is 9.98. The highest BCUT2D eigenvalue weighted by Gasteiger charge is 2.33. The molecule has 1 N–H and O–H groups in total. The maximum Gasteiger partial charge on any atom is 0.430 e. The molecule has 8 nitrogen and oxygen atoms in total. The second kappa shape index (κ2) is 8.71. The molecule has 3 rings (SSSR count). The van der Waals surface area contributed by atoms with Crippen molar-refractivity contribution in [2.75, 3.05) is 31.6 Å². The van der Waals surface area contributed by atoms with Crippen molar-refractivity contribution < 1.29 is 4.92 Å². The minimum absolute atomic E-state index is 0.171. The number of rotatable bonds is 6. The standard InChI is InChI=1S/C17H21ClN6O2S/c1-3-12-6-4-5-11(2)14(12)21-22-16(24(25)26)15-19-7-8-23(15)10-13-9-20-17(18)27-13/h4-6,13,21H,3,7-10H2,1-2H3. The molecule has 1 aromatic rings. The lowest BCUT2D eigenvalue weighted by Gasteiger charge is -2.21. The topological polar surface area (TPSA) is 95.5 Å². The van der Waals surface area contributed by atoms with Crippen LogP contribution in [0, 0.1) is 17.0 Å². The van der Waals surface area contributed by atoms with Crippen molar-refractivity contribution in [2.24, 2.45) is 15.1 Å². The molecular formula is C17H21ClN6O2S. The Kier molecular flexibility index (Phi) is 6.33. The van der Waals surface area contributed by atoms with E-state index >= 15 is 0 Å². The number of aryl methyl sites for hydroxylation is 2. The Morgan fingerprint density at radius 3 is 3.00 bits per heavy atom. The van der Waals surface area contributed by atoms with E-state index in [1.165, 1.54) is 11.8 Å². The zero-order valence-electron chi connectivity index (χ0n) is 15.2. The van der Waals surface area contributed by atoms with E-state index in [4.69, 9.17) is 11.6 Å². The molecule has 0 bridgehead atoms. The van der Waals surface area contributed by atoms with Gasteiger partial charge < -0.3 is 15.0 Å². The largest absolute Gasteiger partial charge is 0.430 e. The van der Waals surface area contributed by atoms with E-state index in [9.17, 15) is 10.1 Å². The maximum atomic E-state index is 11.7. The van der Waals surface area contributed by atoms with E-state index in [1.54, 1.807) is 0 Å². The molecular weight excluding hydrogens is 388 g/mol. The van der Waals surface area contributed by atoms with E-state index in [1.807, 2.05) is 36.9 Å². The number of hydrogen-bond acceptors (Lipinski definition) is 8. The first-order chi connectivity index (χ1) is 13.0. The second-order valence-electron chi connectivity index (χ2n) is 6.25. The molecule has 0 saturated carbocycles. The first kappa shape index (κ1) is 19.6. The van der Waals surface area contributed by atoms with E-state index in [0.717, 1.165) is 23.2 Å². The van der Waals surface area contributed by atoms with Gasteiger partial charge in [0, 0.05) is 18.3 Å². The van der Waals surface area contributed by atoms with Gasteiger partial charge in [-0.1, -0.05) is 48.5 Å². The molecule has 2 aliphatic heterocycles. The smallest absolute Gasteiger partial charge is 0.358 e. The lowest BCUT2D eigenvalue weighted by Crippen LogP contribution is -2.41. The SMILES string of the molecule is CCc1cccc(C)c1NN=C(C1=NCCN1CC1CN=C(Cl)S1)[N+](=O)[O-]. The van der Waals surface area contributed by atoms with Crippen LogP contribution in [0.3, 0.4) is 0 Å². The number of anilines is 1. The normalized spacial score (nSPS) is 19.9. The number of hydrazone groups is 1. The fraction of sp³-hybridized carbons (Fsp3) is 0.471. The lowest BCUT2D eigenvalue weighted by molar-refractivity contribution is -0.346. The Morgan fingerprint density at radius 1 is 1.52 bits per heavy atom. The number of hydrogen-bond donors (Lipinski definition) is 1. The summed E-state index contributed by atoms with van der Waals surface area (Å²) in [6.45, 7) is 6.33. The fourth-order valence-electron chi connectivity index (χ4n) is 3.06. The van der Waals surface area contributed by atoms with Crippen LogP contribution < -0.4 is 5.43 Å². The van der Waals surface area contributed by atoms with Gasteiger partial charge in [0.05, 0.1) is 23.9 Å². The van der Waals surface area contributed by atoms with Crippen LogP contribution in [0.4, 0.5) is 5.69 Å². The quantitative estimate of drug-likeness (QED) is 0.338. The van der Waals surface area contributed by atoms with Gasteiger partial charge in [0.25, 0.3) is 0 Å². The van der Waals surface area contributed by atoms with Crippen LogP contribution >= 0.6 is 23.4 Å². The van der Waals surface area contributed by atoms with Crippen molar-refractivity contribution >= 4 is 45.2 Å². The molecule has 1 atom stereocenters. The van der Waals surface area contributed by atoms with Crippen molar-refractivity contribution in [3.8, 4) is 0 Å². The van der Waals surface area contributed by atoms with E-state index in [0.29, 0.717) is 36.5 Å². The van der Waals surface area contributed by atoms with E-state index < -0.39 is 4.92 Å². The average Bonchev–Trinajstić information content (AvgIpc) is 3.25. The van der Waals surface area contributed by atoms with Gasteiger partial charge in [0.1, 0.15) is 0 Å². The van der Waals surface area contributed by atoms with Gasteiger partial charge in [-0.3, -0.25) is 9.98 Å². The molecule has 0 fully saturated rings. The Hall–Kier alpha value is -2.13. The highest BCUT2D eigenvalue weighted by Crippen LogP contribution is 2.25. The van der Waals surface area contributed by atoms with Gasteiger partial charge >= 0.3 is 5.84 Å². The molecule has 2 heterocycles. The predicted octanol–water partition coefficient (Wildman–Crippen LogP) is 2.98. The van der Waals surface area contributed by atoms with Crippen LogP contribution in [0.2, 0.25) is 0 Å². The van der Waals surface area contributed by atoms with Gasteiger partial charge in [-0.2, -0.15) is 5.43 Å². The Labute approximate surface area is 166 Å². The second-order valence-corrected chi connectivity index (χ2v) is 8.12. The molecule has 1 unspecified atom stereocenters. The summed E-state index contributed by atoms with van der Waals surface area (Å²) in [6.07, 6.45) is 0.806. The molecule has 0 spiro atoms. The number of nitro groups is 1. The monoisotopic (exact) mass is 408 g/mol. The van der Waals surface area contributed by atoms with Crippen molar-refractivity contribution in [3.05, 3.63) is 39.4 Å². The molecule has 0 aromatic heterocycles. The number of amidine groups is 2. The minimum Gasteiger partial charge on any atom is -0.358 e. The highest BCUT2D eigenvalue weighted by molar-refractivity contribution is 8.17. The molecule has 0 amide bonds. The molecule has 0 radical (unpaired) electrons. The number of para-hydroxylation sites is 1. The van der Waals surface area contributed by atoms with Crippen molar-refractivity contribution in [1.29, 1.82) is 0 Å². The summed E-state index contributed by atoms with van der Waals surface area (Å²) in [7, 11) is 0. The van der Waals surface area contributed by atoms with Gasteiger partial charge in [-0.15, -0.1) is 0 Å². The predicted molar refractivity (Wildman–Crippen MR) is 112 cm³/mol. The molecule has 10 heteroatoms. The Bertz CT molecular complexity index is 826. The van der Waals surface area contributed by atoms with Gasteiger partial charge in [-0.05, 0) is 29.4 Å². The average molecular weight is 409 g/mol. The summed E-state index contributed by atoms with van der Waals surface area (Å²) < 4.78 is 0.536. The molecule has 27 heavy (non-hydrogen) atoms. The van der Waals surface area contributed by atoms with Crippen molar-refractivity contribution in [1.82, 2.24) is 4.90 Å². The van der Waals surface area contributed by atoms with Crippen LogP contribution in [-0.4, -0.2) is 57.4 Å². The fourth-order valence-corrected chi connectivity index (χ4v) is 4.34. The minimum atomic E-state index is -0.487. The zero-order valence-corrected chi connectivity index (χ0v) is 16.8. The third kappa shape index (κ3) is 4.59. The number of aliphatic imine (C=N–C) groups is 2. The molecule has 0 aliphatic carbocycles. The summed E-state index contributed by atoms with van der Waals surface area (Å²) in [4.78, 5) is 21.6. The van der Waals surface area contributed by atoms with Crippen LogP contribution in [0.15, 0.2) is 33.3 Å². The van der Waals surface area contributed by atoms with Gasteiger partial charge in [0.15, 0.2) is 4.50 Å². The molecule has 1 aromatic carbocycles. The summed E-state index contributed by atoms with van der Waals surface area (Å²) in [5.74, 6) is 0.0376. The van der Waals surface area contributed by atoms with E-state index in [2.05, 4.69) is 20.5 Å². The number of benzene rings is 1. The van der Waals surface area contributed by atoms with Gasteiger partial charge in [0.2, 0.25) is 5.84 Å². The number of nitrogens with one attached hydrogen (secondary N) is 1. The summed E-state index contributed by atoms with van der Waals surface area (Å²) in [5, 5.41) is 15.9. The Morgan fingerprint density at radius 2 is 2.33 bits per heavy atom. The summed E-state index contributed by atoms with van der Waals surface area (Å²) in [5.41, 5.74) is 5.75. The zero-order chi connectivity index (χ0) is 19.4. The molecule has 144 valence electrons. The first-order valence-electron chi connectivity index (χ1n) is 8.72. The van der Waals surface area contributed by atoms with Gasteiger partial charge in [-0.25, -0.2) is 0 Å². The maximum absolute atomic E-state index is 11.7. The van der Waals surface area contributed by atoms with Crippen LogP contribution in [-0.2, 0) is 6.42 Å². The number of halogens is 1. The van der Waals surface area contributed by atoms with Crippen molar-refractivity contribution in [3.63, 3.8) is 0 Å². The summed E-state index contributed by atoms with van der Waals surface area (Å²) >= 11 is 7.41. The molecule has 0 saturated heterocycles. The number of thioether (sulfide) groups is 1. The third-order valence-electron chi connectivity index (χ3n) is 4.42. The number of nitrogens with zero attached hydrogens (tertiary/aromatic N) is 5. The lowest BCUT2D eigenvalue weighted by atomic mass is 10.1. The Balaban J connectivity index is 1.79.